The predicted molar refractivity (Wildman–Crippen MR) is 205 cm³/mol. The summed E-state index contributed by atoms with van der Waals surface area (Å²) in [6.07, 6.45) is 7.37. The molecule has 11 aromatic rings. The Hall–Kier alpha value is -6.85. The van der Waals surface area contributed by atoms with Crippen LogP contribution in [0.25, 0.3) is 104 Å². The van der Waals surface area contributed by atoms with Gasteiger partial charge in [0.15, 0.2) is 0 Å². The Morgan fingerprint density at radius 2 is 1.00 bits per heavy atom. The third kappa shape index (κ3) is 3.92. The van der Waals surface area contributed by atoms with E-state index in [9.17, 15) is 0 Å². The predicted octanol–water partition coefficient (Wildman–Crippen LogP) is 11.7. The van der Waals surface area contributed by atoms with Crippen molar-refractivity contribution in [1.82, 2.24) is 19.5 Å². The lowest BCUT2D eigenvalue weighted by Gasteiger charge is -2.10. The fourth-order valence-electron chi connectivity index (χ4n) is 7.87. The van der Waals surface area contributed by atoms with Gasteiger partial charge in [0, 0.05) is 38.9 Å². The molecule has 0 saturated carbocycles. The van der Waals surface area contributed by atoms with Crippen LogP contribution < -0.4 is 0 Å². The van der Waals surface area contributed by atoms with Gasteiger partial charge < -0.3 is 8.98 Å². The molecular formula is C45H26N4O. The highest BCUT2D eigenvalue weighted by atomic mass is 16.3. The van der Waals surface area contributed by atoms with Crippen LogP contribution in [0.3, 0.4) is 0 Å². The van der Waals surface area contributed by atoms with Gasteiger partial charge in [0.05, 0.1) is 46.7 Å². The van der Waals surface area contributed by atoms with Gasteiger partial charge in [-0.2, -0.15) is 0 Å². The SMILES string of the molecule is c1cncc(-n2c3ccccc3c3ccc(-c4cncc(-c5ccc6c(c5)oc5cc7c8ccccc8c8ccccc8c7cc56)n4)cc32)c1. The second-order valence-electron chi connectivity index (χ2n) is 12.9. The number of rotatable bonds is 3. The Morgan fingerprint density at radius 3 is 1.72 bits per heavy atom. The van der Waals surface area contributed by atoms with E-state index in [1.165, 1.54) is 43.1 Å². The van der Waals surface area contributed by atoms with Crippen molar-refractivity contribution in [3.05, 3.63) is 158 Å². The van der Waals surface area contributed by atoms with E-state index in [0.29, 0.717) is 0 Å². The molecule has 11 rings (SSSR count). The zero-order valence-corrected chi connectivity index (χ0v) is 26.7. The average molecular weight is 639 g/mol. The molecule has 50 heavy (non-hydrogen) atoms. The highest BCUT2D eigenvalue weighted by molar-refractivity contribution is 6.28. The number of para-hydroxylation sites is 1. The van der Waals surface area contributed by atoms with Crippen LogP contribution in [-0.4, -0.2) is 19.5 Å². The summed E-state index contributed by atoms with van der Waals surface area (Å²) in [6.45, 7) is 0. The smallest absolute Gasteiger partial charge is 0.136 e. The molecule has 5 heteroatoms. The van der Waals surface area contributed by atoms with E-state index in [0.717, 1.165) is 61.2 Å². The molecule has 0 fully saturated rings. The summed E-state index contributed by atoms with van der Waals surface area (Å²) in [4.78, 5) is 14.2. The molecule has 0 bridgehead atoms. The van der Waals surface area contributed by atoms with Gasteiger partial charge in [-0.05, 0) is 80.8 Å². The summed E-state index contributed by atoms with van der Waals surface area (Å²) in [5, 5.41) is 12.0. The van der Waals surface area contributed by atoms with Crippen LogP contribution in [0, 0.1) is 0 Å². The Labute approximate surface area is 285 Å². The summed E-state index contributed by atoms with van der Waals surface area (Å²) in [7, 11) is 0. The minimum Gasteiger partial charge on any atom is -0.456 e. The highest BCUT2D eigenvalue weighted by Gasteiger charge is 2.16. The molecule has 5 nitrogen and oxygen atoms in total. The number of hydrogen-bond acceptors (Lipinski definition) is 4. The molecule has 0 N–H and O–H groups in total. The fraction of sp³-hybridized carbons (Fsp3) is 0. The monoisotopic (exact) mass is 638 g/mol. The topological polar surface area (TPSA) is 56.7 Å². The van der Waals surface area contributed by atoms with Crippen LogP contribution in [0.4, 0.5) is 0 Å². The number of benzene rings is 7. The molecule has 0 saturated heterocycles. The second-order valence-corrected chi connectivity index (χ2v) is 12.9. The van der Waals surface area contributed by atoms with Crippen molar-refractivity contribution in [1.29, 1.82) is 0 Å². The van der Waals surface area contributed by atoms with Crippen LogP contribution in [-0.2, 0) is 0 Å². The molecule has 7 aromatic carbocycles. The van der Waals surface area contributed by atoms with E-state index < -0.39 is 0 Å². The molecular weight excluding hydrogens is 613 g/mol. The van der Waals surface area contributed by atoms with Gasteiger partial charge in [-0.25, -0.2) is 4.98 Å². The maximum Gasteiger partial charge on any atom is 0.136 e. The maximum atomic E-state index is 6.57. The summed E-state index contributed by atoms with van der Waals surface area (Å²) in [6, 6.07) is 47.3. The molecule has 0 aliphatic carbocycles. The minimum absolute atomic E-state index is 0.792. The first-order valence-electron chi connectivity index (χ1n) is 16.7. The fourth-order valence-corrected chi connectivity index (χ4v) is 7.87. The molecule has 4 heterocycles. The van der Waals surface area contributed by atoms with Crippen molar-refractivity contribution in [2.24, 2.45) is 0 Å². The van der Waals surface area contributed by atoms with Crippen LogP contribution in [0.2, 0.25) is 0 Å². The molecule has 232 valence electrons. The van der Waals surface area contributed by atoms with Gasteiger partial charge in [0.2, 0.25) is 0 Å². The first kappa shape index (κ1) is 27.1. The number of furan rings is 1. The van der Waals surface area contributed by atoms with E-state index in [-0.39, 0.29) is 0 Å². The van der Waals surface area contributed by atoms with E-state index in [2.05, 4.69) is 142 Å². The summed E-state index contributed by atoms with van der Waals surface area (Å²) >= 11 is 0. The van der Waals surface area contributed by atoms with Crippen molar-refractivity contribution in [3.63, 3.8) is 0 Å². The summed E-state index contributed by atoms with van der Waals surface area (Å²) in [5.41, 5.74) is 8.51. The zero-order valence-electron chi connectivity index (χ0n) is 26.7. The maximum absolute atomic E-state index is 6.57. The Kier molecular flexibility index (Phi) is 5.60. The number of hydrogen-bond donors (Lipinski definition) is 0. The van der Waals surface area contributed by atoms with Crippen molar-refractivity contribution in [2.75, 3.05) is 0 Å². The molecule has 0 aliphatic rings. The summed E-state index contributed by atoms with van der Waals surface area (Å²) < 4.78 is 8.84. The molecule has 0 amide bonds. The van der Waals surface area contributed by atoms with Crippen LogP contribution in [0.15, 0.2) is 163 Å². The number of nitrogens with zero attached hydrogens (tertiary/aromatic N) is 4. The Balaban J connectivity index is 1.05. The summed E-state index contributed by atoms with van der Waals surface area (Å²) in [5.74, 6) is 0. The van der Waals surface area contributed by atoms with Crippen molar-refractivity contribution in [3.8, 4) is 28.2 Å². The lowest BCUT2D eigenvalue weighted by Crippen LogP contribution is -1.95. The zero-order chi connectivity index (χ0) is 32.8. The first-order chi connectivity index (χ1) is 24.8. The Bertz CT molecular complexity index is 3160. The third-order valence-corrected chi connectivity index (χ3v) is 10.1. The average Bonchev–Trinajstić information content (AvgIpc) is 3.72. The normalized spacial score (nSPS) is 12.0. The number of pyridine rings is 1. The van der Waals surface area contributed by atoms with Crippen molar-refractivity contribution < 1.29 is 4.42 Å². The van der Waals surface area contributed by atoms with Gasteiger partial charge in [0.1, 0.15) is 11.2 Å². The van der Waals surface area contributed by atoms with E-state index in [4.69, 9.17) is 9.40 Å². The van der Waals surface area contributed by atoms with Crippen molar-refractivity contribution in [2.45, 2.75) is 0 Å². The second kappa shape index (κ2) is 10.3. The lowest BCUT2D eigenvalue weighted by molar-refractivity contribution is 0.669. The van der Waals surface area contributed by atoms with Gasteiger partial charge >= 0.3 is 0 Å². The molecule has 0 spiro atoms. The van der Waals surface area contributed by atoms with Gasteiger partial charge in [-0.1, -0.05) is 84.9 Å². The van der Waals surface area contributed by atoms with Crippen LogP contribution in [0.5, 0.6) is 0 Å². The first-order valence-corrected chi connectivity index (χ1v) is 16.7. The number of aromatic nitrogens is 4. The van der Waals surface area contributed by atoms with Crippen LogP contribution >= 0.6 is 0 Å². The molecule has 4 aromatic heterocycles. The van der Waals surface area contributed by atoms with Crippen LogP contribution in [0.1, 0.15) is 0 Å². The standard InChI is InChI=1S/C45H26N4O/c1-3-11-32-30(9-1)31-10-2-4-12-33(31)38-23-45-39(22-37(32)38)36-18-16-28(21-44(36)50-45)41-26-47-25-40(48-41)27-15-17-35-34-13-5-6-14-42(34)49(43(35)20-27)29-8-7-19-46-24-29/h1-26H. The van der Waals surface area contributed by atoms with Gasteiger partial charge in [-0.3, -0.25) is 9.97 Å². The molecule has 0 atom stereocenters. The number of fused-ring (bicyclic) bond motifs is 12. The minimum atomic E-state index is 0.792. The lowest BCUT2D eigenvalue weighted by atomic mass is 9.93. The molecule has 0 radical (unpaired) electrons. The molecule has 0 aliphatic heterocycles. The van der Waals surface area contributed by atoms with Gasteiger partial charge in [0.25, 0.3) is 0 Å². The third-order valence-electron chi connectivity index (χ3n) is 10.1. The quantitative estimate of drug-likeness (QED) is 0.181. The highest BCUT2D eigenvalue weighted by Crippen LogP contribution is 2.41. The van der Waals surface area contributed by atoms with E-state index in [1.54, 1.807) is 6.20 Å². The Morgan fingerprint density at radius 1 is 0.400 bits per heavy atom. The molecule has 0 unspecified atom stereocenters. The van der Waals surface area contributed by atoms with E-state index >= 15 is 0 Å². The largest absolute Gasteiger partial charge is 0.456 e. The van der Waals surface area contributed by atoms with Crippen molar-refractivity contribution >= 4 is 76.1 Å². The van der Waals surface area contributed by atoms with Gasteiger partial charge in [-0.15, -0.1) is 0 Å². The van der Waals surface area contributed by atoms with E-state index in [1.807, 2.05) is 24.7 Å².